The monoisotopic (exact) mass is 650 g/mol. The Morgan fingerprint density at radius 2 is 0.882 bits per heavy atom. The van der Waals surface area contributed by atoms with E-state index in [9.17, 15) is 0 Å². The van der Waals surface area contributed by atoms with Crippen LogP contribution in [0.5, 0.6) is 0 Å². The first-order chi connectivity index (χ1) is 25.3. The summed E-state index contributed by atoms with van der Waals surface area (Å²) in [5.74, 6) is 0.685. The Morgan fingerprint density at radius 1 is 0.353 bits per heavy atom. The number of fused-ring (bicyclic) bond motifs is 5. The van der Waals surface area contributed by atoms with Crippen LogP contribution in [0.15, 0.2) is 186 Å². The molecule has 10 aromatic rings. The Bertz CT molecular complexity index is 2840. The zero-order valence-electron chi connectivity index (χ0n) is 27.6. The normalized spacial score (nSPS) is 11.5. The molecule has 0 aliphatic heterocycles. The van der Waals surface area contributed by atoms with Crippen molar-refractivity contribution in [3.63, 3.8) is 0 Å². The molecule has 51 heavy (non-hydrogen) atoms. The third-order valence-corrected chi connectivity index (χ3v) is 9.89. The molecule has 0 unspecified atom stereocenters. The highest BCUT2D eigenvalue weighted by Crippen LogP contribution is 2.45. The minimum absolute atomic E-state index is 0.685. The fourth-order valence-electron chi connectivity index (χ4n) is 7.45. The van der Waals surface area contributed by atoms with Crippen LogP contribution in [-0.4, -0.2) is 9.97 Å². The third kappa shape index (κ3) is 4.98. The lowest BCUT2D eigenvalue weighted by atomic mass is 9.90. The maximum atomic E-state index is 6.96. The first-order valence-electron chi connectivity index (χ1n) is 17.2. The van der Waals surface area contributed by atoms with Crippen molar-refractivity contribution in [2.45, 2.75) is 0 Å². The molecule has 3 heteroatoms. The molecule has 10 rings (SSSR count). The van der Waals surface area contributed by atoms with Gasteiger partial charge < -0.3 is 4.42 Å². The molecule has 238 valence electrons. The van der Waals surface area contributed by atoms with Gasteiger partial charge >= 0.3 is 0 Å². The van der Waals surface area contributed by atoms with Crippen molar-refractivity contribution in [1.82, 2.24) is 9.97 Å². The molecule has 0 atom stereocenters. The van der Waals surface area contributed by atoms with Crippen LogP contribution in [0.2, 0.25) is 0 Å². The van der Waals surface area contributed by atoms with Gasteiger partial charge in [-0.3, -0.25) is 0 Å². The second kappa shape index (κ2) is 11.9. The Labute approximate surface area is 295 Å². The van der Waals surface area contributed by atoms with Gasteiger partial charge in [0.2, 0.25) is 0 Å². The molecule has 0 aliphatic carbocycles. The smallest absolute Gasteiger partial charge is 0.160 e. The van der Waals surface area contributed by atoms with Crippen molar-refractivity contribution in [2.24, 2.45) is 0 Å². The average molecular weight is 651 g/mol. The van der Waals surface area contributed by atoms with Gasteiger partial charge in [0.15, 0.2) is 5.82 Å². The molecule has 0 spiro atoms. The maximum Gasteiger partial charge on any atom is 0.160 e. The van der Waals surface area contributed by atoms with Gasteiger partial charge in [-0.15, -0.1) is 0 Å². The van der Waals surface area contributed by atoms with E-state index in [2.05, 4.69) is 146 Å². The predicted octanol–water partition coefficient (Wildman–Crippen LogP) is 13.0. The molecule has 0 amide bonds. The van der Waals surface area contributed by atoms with Gasteiger partial charge in [0, 0.05) is 33.0 Å². The second-order valence-corrected chi connectivity index (χ2v) is 12.9. The van der Waals surface area contributed by atoms with E-state index in [4.69, 9.17) is 14.4 Å². The van der Waals surface area contributed by atoms with E-state index in [1.54, 1.807) is 0 Å². The lowest BCUT2D eigenvalue weighted by Crippen LogP contribution is -1.96. The van der Waals surface area contributed by atoms with Crippen LogP contribution in [0.3, 0.4) is 0 Å². The molecule has 2 aromatic heterocycles. The quantitative estimate of drug-likeness (QED) is 0.186. The largest absolute Gasteiger partial charge is 0.455 e. The molecule has 0 saturated carbocycles. The highest BCUT2D eigenvalue weighted by molar-refractivity contribution is 6.20. The second-order valence-electron chi connectivity index (χ2n) is 12.9. The zero-order valence-corrected chi connectivity index (χ0v) is 27.6. The fourth-order valence-corrected chi connectivity index (χ4v) is 7.45. The molecule has 0 fully saturated rings. The summed E-state index contributed by atoms with van der Waals surface area (Å²) in [5, 5.41) is 6.80. The van der Waals surface area contributed by atoms with Crippen LogP contribution in [-0.2, 0) is 0 Å². The number of hydrogen-bond donors (Lipinski definition) is 0. The predicted molar refractivity (Wildman–Crippen MR) is 212 cm³/mol. The number of rotatable bonds is 5. The van der Waals surface area contributed by atoms with Crippen molar-refractivity contribution in [3.8, 4) is 56.2 Å². The summed E-state index contributed by atoms with van der Waals surface area (Å²) < 4.78 is 6.96. The topological polar surface area (TPSA) is 38.9 Å². The first-order valence-corrected chi connectivity index (χ1v) is 17.2. The van der Waals surface area contributed by atoms with E-state index in [1.807, 2.05) is 36.4 Å². The van der Waals surface area contributed by atoms with Crippen LogP contribution in [0.25, 0.3) is 99.6 Å². The summed E-state index contributed by atoms with van der Waals surface area (Å²) >= 11 is 0. The van der Waals surface area contributed by atoms with Crippen molar-refractivity contribution in [3.05, 3.63) is 182 Å². The lowest BCUT2D eigenvalue weighted by Gasteiger charge is -2.14. The van der Waals surface area contributed by atoms with Crippen molar-refractivity contribution >= 4 is 43.5 Å². The Morgan fingerprint density at radius 3 is 1.61 bits per heavy atom. The van der Waals surface area contributed by atoms with Gasteiger partial charge in [0.05, 0.1) is 11.4 Å². The highest BCUT2D eigenvalue weighted by Gasteiger charge is 2.21. The van der Waals surface area contributed by atoms with Gasteiger partial charge in [-0.05, 0) is 62.5 Å². The molecule has 0 N–H and O–H groups in total. The van der Waals surface area contributed by atoms with Crippen LogP contribution < -0.4 is 0 Å². The molecule has 0 radical (unpaired) electrons. The standard InChI is InChI=1S/C48H30N2O/c1-4-14-31(15-5-1)36-24-25-39(38-23-13-12-22-37(36)38)40-26-27-41(46-42-28-34-20-10-11-21-35(34)29-45(42)51-47(40)46)44-30-43(32-16-6-2-7-17-32)49-48(50-44)33-18-8-3-9-19-33/h1-30H. The molecule has 0 aliphatic rings. The van der Waals surface area contributed by atoms with E-state index >= 15 is 0 Å². The maximum absolute atomic E-state index is 6.96. The Kier molecular flexibility index (Phi) is 6.81. The molecule has 3 nitrogen and oxygen atoms in total. The molecule has 8 aromatic carbocycles. The summed E-state index contributed by atoms with van der Waals surface area (Å²) in [5.41, 5.74) is 11.0. The van der Waals surface area contributed by atoms with Crippen molar-refractivity contribution in [2.75, 3.05) is 0 Å². The number of furan rings is 1. The number of nitrogens with zero attached hydrogens (tertiary/aromatic N) is 2. The zero-order chi connectivity index (χ0) is 33.7. The molecule has 2 heterocycles. The summed E-state index contributed by atoms with van der Waals surface area (Å²) in [6.07, 6.45) is 0. The minimum atomic E-state index is 0.685. The molecular weight excluding hydrogens is 621 g/mol. The summed E-state index contributed by atoms with van der Waals surface area (Å²) in [6, 6.07) is 63.7. The summed E-state index contributed by atoms with van der Waals surface area (Å²) in [4.78, 5) is 10.3. The van der Waals surface area contributed by atoms with Crippen LogP contribution in [0.4, 0.5) is 0 Å². The van der Waals surface area contributed by atoms with Gasteiger partial charge in [-0.1, -0.05) is 158 Å². The van der Waals surface area contributed by atoms with Gasteiger partial charge in [0.1, 0.15) is 11.2 Å². The Hall–Kier alpha value is -6.84. The third-order valence-electron chi connectivity index (χ3n) is 9.89. The van der Waals surface area contributed by atoms with Crippen LogP contribution in [0.1, 0.15) is 0 Å². The first kappa shape index (κ1) is 29.1. The van der Waals surface area contributed by atoms with E-state index < -0.39 is 0 Å². The molecular formula is C48H30N2O. The van der Waals surface area contributed by atoms with Gasteiger partial charge in [0.25, 0.3) is 0 Å². The Balaban J connectivity index is 1.28. The van der Waals surface area contributed by atoms with E-state index in [0.29, 0.717) is 5.82 Å². The summed E-state index contributed by atoms with van der Waals surface area (Å²) in [7, 11) is 0. The van der Waals surface area contributed by atoms with E-state index in [-0.39, 0.29) is 0 Å². The van der Waals surface area contributed by atoms with Crippen molar-refractivity contribution in [1.29, 1.82) is 0 Å². The minimum Gasteiger partial charge on any atom is -0.455 e. The molecule has 0 saturated heterocycles. The van der Waals surface area contributed by atoms with E-state index in [0.717, 1.165) is 66.5 Å². The van der Waals surface area contributed by atoms with E-state index in [1.165, 1.54) is 27.3 Å². The van der Waals surface area contributed by atoms with Crippen molar-refractivity contribution < 1.29 is 4.42 Å². The average Bonchev–Trinajstić information content (AvgIpc) is 3.58. The van der Waals surface area contributed by atoms with Crippen LogP contribution in [0, 0.1) is 0 Å². The lowest BCUT2D eigenvalue weighted by molar-refractivity contribution is 0.670. The van der Waals surface area contributed by atoms with Crippen LogP contribution >= 0.6 is 0 Å². The molecule has 0 bridgehead atoms. The van der Waals surface area contributed by atoms with Gasteiger partial charge in [-0.25, -0.2) is 9.97 Å². The highest BCUT2D eigenvalue weighted by atomic mass is 16.3. The number of hydrogen-bond acceptors (Lipinski definition) is 3. The fraction of sp³-hybridized carbons (Fsp3) is 0. The van der Waals surface area contributed by atoms with Gasteiger partial charge in [-0.2, -0.15) is 0 Å². The SMILES string of the molecule is c1ccc(-c2cc(-c3ccc(-c4ccc(-c5ccccc5)c5ccccc45)c4oc5cc6ccccc6cc5c34)nc(-c3ccccc3)n2)cc1. The number of aromatic nitrogens is 2. The number of benzene rings is 8. The summed E-state index contributed by atoms with van der Waals surface area (Å²) in [6.45, 7) is 0.